The molecule has 0 radical (unpaired) electrons. The SMILES string of the molecule is CCN(CCC(=O)NCC(=O)c1scnc1C)Cc1ccccc1C. The number of nitrogens with one attached hydrogen (secondary N) is 1. The average molecular weight is 359 g/mol. The van der Waals surface area contributed by atoms with Crippen LogP contribution in [0.3, 0.4) is 0 Å². The van der Waals surface area contributed by atoms with Gasteiger partial charge in [-0.2, -0.15) is 0 Å². The number of rotatable bonds is 9. The molecule has 0 saturated heterocycles. The lowest BCUT2D eigenvalue weighted by atomic mass is 10.1. The summed E-state index contributed by atoms with van der Waals surface area (Å²) in [6.07, 6.45) is 0.384. The summed E-state index contributed by atoms with van der Waals surface area (Å²) in [6, 6.07) is 8.29. The third-order valence-corrected chi connectivity index (χ3v) is 5.17. The van der Waals surface area contributed by atoms with E-state index >= 15 is 0 Å². The number of ketones is 1. The van der Waals surface area contributed by atoms with Crippen molar-refractivity contribution in [2.45, 2.75) is 33.7 Å². The van der Waals surface area contributed by atoms with E-state index in [4.69, 9.17) is 0 Å². The van der Waals surface area contributed by atoms with Gasteiger partial charge in [0.1, 0.15) is 0 Å². The molecule has 2 rings (SSSR count). The number of nitrogens with zero attached hydrogens (tertiary/aromatic N) is 2. The van der Waals surface area contributed by atoms with Gasteiger partial charge in [-0.25, -0.2) is 4.98 Å². The fourth-order valence-corrected chi connectivity index (χ4v) is 3.30. The standard InChI is InChI=1S/C19H25N3O2S/c1-4-22(12-16-8-6-5-7-14(16)2)10-9-18(24)20-11-17(23)19-15(3)21-13-25-19/h5-8,13H,4,9-12H2,1-3H3,(H,20,24). The smallest absolute Gasteiger partial charge is 0.221 e. The van der Waals surface area contributed by atoms with E-state index in [-0.39, 0.29) is 18.2 Å². The fourth-order valence-electron chi connectivity index (χ4n) is 2.55. The molecule has 1 heterocycles. The Morgan fingerprint density at radius 2 is 2.00 bits per heavy atom. The number of aromatic nitrogens is 1. The van der Waals surface area contributed by atoms with Gasteiger partial charge in [0.25, 0.3) is 0 Å². The van der Waals surface area contributed by atoms with Crippen LogP contribution in [0, 0.1) is 13.8 Å². The second kappa shape index (κ2) is 9.44. The minimum Gasteiger partial charge on any atom is -0.349 e. The van der Waals surface area contributed by atoms with E-state index in [0.717, 1.165) is 18.8 Å². The Morgan fingerprint density at radius 1 is 1.24 bits per heavy atom. The quantitative estimate of drug-likeness (QED) is 0.699. The molecule has 1 aromatic carbocycles. The van der Waals surface area contributed by atoms with Gasteiger partial charge in [0, 0.05) is 19.5 Å². The highest BCUT2D eigenvalue weighted by Gasteiger charge is 2.14. The van der Waals surface area contributed by atoms with Crippen LogP contribution in [0.5, 0.6) is 0 Å². The summed E-state index contributed by atoms with van der Waals surface area (Å²) in [5, 5.41) is 2.72. The van der Waals surface area contributed by atoms with Crippen molar-refractivity contribution < 1.29 is 9.59 Å². The van der Waals surface area contributed by atoms with Gasteiger partial charge in [-0.15, -0.1) is 11.3 Å². The molecule has 25 heavy (non-hydrogen) atoms. The van der Waals surface area contributed by atoms with Gasteiger partial charge in [-0.05, 0) is 31.5 Å². The van der Waals surface area contributed by atoms with Crippen LogP contribution in [-0.2, 0) is 11.3 Å². The lowest BCUT2D eigenvalue weighted by molar-refractivity contribution is -0.121. The molecule has 134 valence electrons. The fraction of sp³-hybridized carbons (Fsp3) is 0.421. The number of hydrogen-bond acceptors (Lipinski definition) is 5. The number of thiazole rings is 1. The van der Waals surface area contributed by atoms with Crippen LogP contribution < -0.4 is 5.32 Å². The van der Waals surface area contributed by atoms with Gasteiger partial charge < -0.3 is 5.32 Å². The van der Waals surface area contributed by atoms with E-state index in [2.05, 4.69) is 41.2 Å². The lowest BCUT2D eigenvalue weighted by Gasteiger charge is -2.21. The van der Waals surface area contributed by atoms with Crippen LogP contribution in [0.25, 0.3) is 0 Å². The van der Waals surface area contributed by atoms with Crippen molar-refractivity contribution >= 4 is 23.0 Å². The zero-order chi connectivity index (χ0) is 18.2. The van der Waals surface area contributed by atoms with Gasteiger partial charge in [0.15, 0.2) is 5.78 Å². The molecule has 0 atom stereocenters. The van der Waals surface area contributed by atoms with Crippen molar-refractivity contribution in [3.63, 3.8) is 0 Å². The molecule has 0 bridgehead atoms. The number of carbonyl (C=O) groups is 2. The van der Waals surface area contributed by atoms with Crippen LogP contribution in [0.15, 0.2) is 29.8 Å². The second-order valence-electron chi connectivity index (χ2n) is 6.01. The molecule has 2 aromatic rings. The van der Waals surface area contributed by atoms with E-state index in [9.17, 15) is 9.59 Å². The minimum atomic E-state index is -0.0984. The second-order valence-corrected chi connectivity index (χ2v) is 6.87. The van der Waals surface area contributed by atoms with Crippen molar-refractivity contribution in [2.75, 3.05) is 19.6 Å². The predicted molar refractivity (Wildman–Crippen MR) is 101 cm³/mol. The van der Waals surface area contributed by atoms with Gasteiger partial charge in [-0.3, -0.25) is 14.5 Å². The summed E-state index contributed by atoms with van der Waals surface area (Å²) >= 11 is 1.31. The Bertz CT molecular complexity index is 727. The highest BCUT2D eigenvalue weighted by molar-refractivity contribution is 7.12. The molecule has 5 nitrogen and oxygen atoms in total. The molecule has 0 unspecified atom stereocenters. The molecular weight excluding hydrogens is 334 g/mol. The van der Waals surface area contributed by atoms with Gasteiger partial charge in [0.05, 0.1) is 22.6 Å². The number of Topliss-reactive ketones (excluding diaryl/α,β-unsaturated/α-hetero) is 1. The third kappa shape index (κ3) is 5.76. The Balaban J connectivity index is 1.77. The van der Waals surface area contributed by atoms with Crippen molar-refractivity contribution in [2.24, 2.45) is 0 Å². The first-order chi connectivity index (χ1) is 12.0. The molecule has 0 saturated carbocycles. The van der Waals surface area contributed by atoms with Crippen LogP contribution in [0.2, 0.25) is 0 Å². The minimum absolute atomic E-state index is 0.0335. The van der Waals surface area contributed by atoms with Crippen LogP contribution in [0.1, 0.15) is 39.8 Å². The van der Waals surface area contributed by atoms with Crippen molar-refractivity contribution in [3.05, 3.63) is 51.5 Å². The van der Waals surface area contributed by atoms with E-state index in [1.807, 2.05) is 12.1 Å². The maximum atomic E-state index is 12.0. The average Bonchev–Trinajstić information content (AvgIpc) is 3.04. The molecular formula is C19H25N3O2S. The van der Waals surface area contributed by atoms with Crippen LogP contribution >= 0.6 is 11.3 Å². The Kier molecular flexibility index (Phi) is 7.28. The zero-order valence-corrected chi connectivity index (χ0v) is 15.9. The molecule has 0 aliphatic rings. The van der Waals surface area contributed by atoms with Gasteiger partial charge in [-0.1, -0.05) is 31.2 Å². The van der Waals surface area contributed by atoms with Gasteiger partial charge >= 0.3 is 0 Å². The zero-order valence-electron chi connectivity index (χ0n) is 15.0. The first kappa shape index (κ1) is 19.3. The topological polar surface area (TPSA) is 62.3 Å². The van der Waals surface area contributed by atoms with Crippen LogP contribution in [-0.4, -0.2) is 41.2 Å². The molecule has 1 aromatic heterocycles. The number of carbonyl (C=O) groups excluding carboxylic acids is 2. The molecule has 0 aliphatic heterocycles. The monoisotopic (exact) mass is 359 g/mol. The summed E-state index contributed by atoms with van der Waals surface area (Å²) in [5.74, 6) is -0.181. The maximum absolute atomic E-state index is 12.0. The molecule has 0 spiro atoms. The number of hydrogen-bond donors (Lipinski definition) is 1. The van der Waals surface area contributed by atoms with E-state index in [1.54, 1.807) is 12.4 Å². The van der Waals surface area contributed by atoms with Crippen molar-refractivity contribution in [3.8, 4) is 0 Å². The highest BCUT2D eigenvalue weighted by atomic mass is 32.1. The predicted octanol–water partition coefficient (Wildman–Crippen LogP) is 2.97. The normalized spacial score (nSPS) is 10.9. The molecule has 1 amide bonds. The Morgan fingerprint density at radius 3 is 2.64 bits per heavy atom. The first-order valence-corrected chi connectivity index (χ1v) is 9.36. The summed E-state index contributed by atoms with van der Waals surface area (Å²) < 4.78 is 0. The number of benzene rings is 1. The molecule has 6 heteroatoms. The van der Waals surface area contributed by atoms with Gasteiger partial charge in [0.2, 0.25) is 5.91 Å². The number of aryl methyl sites for hydroxylation is 2. The van der Waals surface area contributed by atoms with Crippen LogP contribution in [0.4, 0.5) is 0 Å². The largest absolute Gasteiger partial charge is 0.349 e. The molecule has 0 aliphatic carbocycles. The first-order valence-electron chi connectivity index (χ1n) is 8.48. The summed E-state index contributed by atoms with van der Waals surface area (Å²) in [7, 11) is 0. The van der Waals surface area contributed by atoms with E-state index in [0.29, 0.717) is 17.8 Å². The molecule has 0 fully saturated rings. The van der Waals surface area contributed by atoms with Crippen molar-refractivity contribution in [1.29, 1.82) is 0 Å². The number of amides is 1. The lowest BCUT2D eigenvalue weighted by Crippen LogP contribution is -2.33. The molecule has 1 N–H and O–H groups in total. The maximum Gasteiger partial charge on any atom is 0.221 e. The summed E-state index contributed by atoms with van der Waals surface area (Å²) in [4.78, 5) is 31.0. The Hall–Kier alpha value is -2.05. The van der Waals surface area contributed by atoms with E-state index < -0.39 is 0 Å². The van der Waals surface area contributed by atoms with E-state index in [1.165, 1.54) is 22.5 Å². The van der Waals surface area contributed by atoms with Crippen molar-refractivity contribution in [1.82, 2.24) is 15.2 Å². The Labute approximate surface area is 153 Å². The summed E-state index contributed by atoms with van der Waals surface area (Å²) in [5.41, 5.74) is 4.91. The highest BCUT2D eigenvalue weighted by Crippen LogP contribution is 2.12. The third-order valence-electron chi connectivity index (χ3n) is 4.20. The summed E-state index contributed by atoms with van der Waals surface area (Å²) in [6.45, 7) is 8.40.